The molecule has 0 radical (unpaired) electrons. The molecule has 8 heteroatoms. The largest absolute Gasteiger partial charge is 0.325 e. The lowest BCUT2D eigenvalue weighted by Crippen LogP contribution is -2.26. The molecule has 0 saturated carbocycles. The van der Waals surface area contributed by atoms with Gasteiger partial charge in [-0.25, -0.2) is 18.1 Å². The van der Waals surface area contributed by atoms with E-state index in [1.165, 1.54) is 23.9 Å². The molecule has 0 fully saturated rings. The van der Waals surface area contributed by atoms with Crippen LogP contribution in [-0.4, -0.2) is 31.1 Å². The van der Waals surface area contributed by atoms with Gasteiger partial charge in [0.2, 0.25) is 15.9 Å². The van der Waals surface area contributed by atoms with Gasteiger partial charge in [0.05, 0.1) is 20.7 Å². The molecule has 4 rings (SSSR count). The fourth-order valence-corrected chi connectivity index (χ4v) is 5.79. The van der Waals surface area contributed by atoms with Crippen LogP contribution in [0, 0.1) is 13.8 Å². The molecule has 4 aromatic rings. The van der Waals surface area contributed by atoms with Gasteiger partial charge in [0.25, 0.3) is 0 Å². The Kier molecular flexibility index (Phi) is 8.08. The summed E-state index contributed by atoms with van der Waals surface area (Å²) in [6, 6.07) is 24.0. The number of nitrogens with zero attached hydrogens (tertiary/aromatic N) is 1. The Balaban J connectivity index is 1.35. The van der Waals surface area contributed by atoms with Crippen molar-refractivity contribution in [2.24, 2.45) is 0 Å². The van der Waals surface area contributed by atoms with Gasteiger partial charge in [0, 0.05) is 17.6 Å². The number of nitrogens with one attached hydrogen (secondary N) is 2. The zero-order valence-electron chi connectivity index (χ0n) is 20.5. The highest BCUT2D eigenvalue weighted by Gasteiger charge is 2.18. The Hall–Kier alpha value is -3.20. The molecule has 36 heavy (non-hydrogen) atoms. The summed E-state index contributed by atoms with van der Waals surface area (Å²) >= 11 is 1.39. The van der Waals surface area contributed by atoms with E-state index in [1.54, 1.807) is 12.1 Å². The summed E-state index contributed by atoms with van der Waals surface area (Å²) in [5.74, 6) is -0.180. The van der Waals surface area contributed by atoms with Crippen molar-refractivity contribution in [3.05, 3.63) is 95.6 Å². The summed E-state index contributed by atoms with van der Waals surface area (Å²) < 4.78 is 27.8. The minimum atomic E-state index is -3.63. The van der Waals surface area contributed by atoms with E-state index in [1.807, 2.05) is 69.3 Å². The predicted octanol–water partition coefficient (Wildman–Crippen LogP) is 5.49. The van der Waals surface area contributed by atoms with Gasteiger partial charge >= 0.3 is 0 Å². The van der Waals surface area contributed by atoms with E-state index in [9.17, 15) is 13.2 Å². The standard InChI is InChI=1S/C28H29N3O3S2/c1-19-8-7-11-25-20(2)18-26(31-27(19)25)35-21(3)28(32)30-23-12-14-24(15-13-23)36(33,34)29-17-16-22-9-5-4-6-10-22/h4-15,18,21,29H,16-17H2,1-3H3,(H,30,32). The van der Waals surface area contributed by atoms with Crippen molar-refractivity contribution in [2.75, 3.05) is 11.9 Å². The lowest BCUT2D eigenvalue weighted by atomic mass is 10.1. The zero-order valence-corrected chi connectivity index (χ0v) is 22.1. The van der Waals surface area contributed by atoms with Gasteiger partial charge in [-0.15, -0.1) is 0 Å². The summed E-state index contributed by atoms with van der Waals surface area (Å²) in [6.07, 6.45) is 0.606. The Morgan fingerprint density at radius 2 is 1.67 bits per heavy atom. The lowest BCUT2D eigenvalue weighted by molar-refractivity contribution is -0.115. The number of fused-ring (bicyclic) bond motifs is 1. The molecule has 0 spiro atoms. The molecule has 0 saturated heterocycles. The fourth-order valence-electron chi connectivity index (χ4n) is 3.85. The topological polar surface area (TPSA) is 88.2 Å². The van der Waals surface area contributed by atoms with Crippen LogP contribution in [0.5, 0.6) is 0 Å². The second kappa shape index (κ2) is 11.2. The van der Waals surface area contributed by atoms with E-state index < -0.39 is 10.0 Å². The molecule has 6 nitrogen and oxygen atoms in total. The summed E-state index contributed by atoms with van der Waals surface area (Å²) in [5.41, 5.74) is 4.76. The highest BCUT2D eigenvalue weighted by Crippen LogP contribution is 2.28. The van der Waals surface area contributed by atoms with Crippen LogP contribution in [-0.2, 0) is 21.2 Å². The first-order valence-corrected chi connectivity index (χ1v) is 14.1. The second-order valence-corrected chi connectivity index (χ2v) is 11.8. The second-order valence-electron chi connectivity index (χ2n) is 8.66. The smallest absolute Gasteiger partial charge is 0.240 e. The quantitative estimate of drug-likeness (QED) is 0.286. The minimum Gasteiger partial charge on any atom is -0.325 e. The van der Waals surface area contributed by atoms with Crippen LogP contribution in [0.1, 0.15) is 23.6 Å². The van der Waals surface area contributed by atoms with Gasteiger partial charge < -0.3 is 5.32 Å². The van der Waals surface area contributed by atoms with Gasteiger partial charge in [-0.2, -0.15) is 0 Å². The van der Waals surface area contributed by atoms with E-state index in [0.29, 0.717) is 18.7 Å². The van der Waals surface area contributed by atoms with Crippen LogP contribution in [0.15, 0.2) is 88.8 Å². The third kappa shape index (κ3) is 6.32. The van der Waals surface area contributed by atoms with Crippen LogP contribution < -0.4 is 10.0 Å². The number of amides is 1. The first-order chi connectivity index (χ1) is 17.2. The SMILES string of the molecule is Cc1cc(SC(C)C(=O)Nc2ccc(S(=O)(=O)NCCc3ccccc3)cc2)nc2c(C)cccc12. The van der Waals surface area contributed by atoms with Crippen molar-refractivity contribution in [1.29, 1.82) is 0 Å². The van der Waals surface area contributed by atoms with Gasteiger partial charge in [0.1, 0.15) is 0 Å². The normalized spacial score (nSPS) is 12.4. The maximum absolute atomic E-state index is 12.8. The molecule has 1 unspecified atom stereocenters. The number of aromatic nitrogens is 1. The first kappa shape index (κ1) is 25.9. The Morgan fingerprint density at radius 1 is 0.944 bits per heavy atom. The first-order valence-electron chi connectivity index (χ1n) is 11.7. The van der Waals surface area contributed by atoms with Crippen molar-refractivity contribution in [2.45, 2.75) is 42.4 Å². The maximum Gasteiger partial charge on any atom is 0.240 e. The van der Waals surface area contributed by atoms with Crippen molar-refractivity contribution in [1.82, 2.24) is 9.71 Å². The van der Waals surface area contributed by atoms with Crippen molar-refractivity contribution in [3.8, 4) is 0 Å². The molecule has 1 aromatic heterocycles. The number of carbonyl (C=O) groups is 1. The maximum atomic E-state index is 12.8. The molecule has 0 bridgehead atoms. The number of para-hydroxylation sites is 1. The average Bonchev–Trinajstić information content (AvgIpc) is 2.85. The number of anilines is 1. The molecule has 2 N–H and O–H groups in total. The van der Waals surface area contributed by atoms with E-state index in [4.69, 9.17) is 4.98 Å². The molecule has 0 aliphatic carbocycles. The molecule has 0 aliphatic rings. The number of thioether (sulfide) groups is 1. The Morgan fingerprint density at radius 3 is 2.39 bits per heavy atom. The van der Waals surface area contributed by atoms with E-state index in [-0.39, 0.29) is 16.1 Å². The predicted molar refractivity (Wildman–Crippen MR) is 147 cm³/mol. The molecular formula is C28H29N3O3S2. The Labute approximate surface area is 216 Å². The van der Waals surface area contributed by atoms with Crippen molar-refractivity contribution < 1.29 is 13.2 Å². The van der Waals surface area contributed by atoms with Crippen molar-refractivity contribution >= 4 is 44.3 Å². The number of carbonyl (C=O) groups excluding carboxylic acids is 1. The minimum absolute atomic E-state index is 0.155. The van der Waals surface area contributed by atoms with Gasteiger partial charge in [0.15, 0.2) is 0 Å². The summed E-state index contributed by atoms with van der Waals surface area (Å²) in [6.45, 7) is 6.21. The van der Waals surface area contributed by atoms with Crippen LogP contribution >= 0.6 is 11.8 Å². The number of pyridine rings is 1. The fraction of sp³-hybridized carbons (Fsp3) is 0.214. The summed E-state index contributed by atoms with van der Waals surface area (Å²) in [7, 11) is -3.63. The van der Waals surface area contributed by atoms with Crippen molar-refractivity contribution in [3.63, 3.8) is 0 Å². The number of rotatable bonds is 9. The van der Waals surface area contributed by atoms with E-state index in [0.717, 1.165) is 32.6 Å². The molecular weight excluding hydrogens is 490 g/mol. The number of benzene rings is 3. The lowest BCUT2D eigenvalue weighted by Gasteiger charge is -2.14. The molecule has 1 amide bonds. The van der Waals surface area contributed by atoms with Crippen LogP contribution in [0.25, 0.3) is 10.9 Å². The van der Waals surface area contributed by atoms with Gasteiger partial charge in [-0.1, -0.05) is 60.3 Å². The Bertz CT molecular complexity index is 1470. The number of aryl methyl sites for hydroxylation is 2. The van der Waals surface area contributed by atoms with Crippen LogP contribution in [0.2, 0.25) is 0 Å². The highest BCUT2D eigenvalue weighted by atomic mass is 32.2. The number of hydrogen-bond acceptors (Lipinski definition) is 5. The number of hydrogen-bond donors (Lipinski definition) is 2. The highest BCUT2D eigenvalue weighted by molar-refractivity contribution is 8.00. The summed E-state index contributed by atoms with van der Waals surface area (Å²) in [5, 5.41) is 4.38. The van der Waals surface area contributed by atoms with Gasteiger partial charge in [-0.3, -0.25) is 4.79 Å². The molecule has 0 aliphatic heterocycles. The average molecular weight is 520 g/mol. The third-order valence-corrected chi connectivity index (χ3v) is 8.37. The molecule has 3 aromatic carbocycles. The van der Waals surface area contributed by atoms with Crippen LogP contribution in [0.3, 0.4) is 0 Å². The monoisotopic (exact) mass is 519 g/mol. The number of sulfonamides is 1. The molecule has 186 valence electrons. The zero-order chi connectivity index (χ0) is 25.7. The van der Waals surface area contributed by atoms with Gasteiger partial charge in [-0.05, 0) is 74.2 Å². The molecule has 1 heterocycles. The van der Waals surface area contributed by atoms with E-state index in [2.05, 4.69) is 16.1 Å². The summed E-state index contributed by atoms with van der Waals surface area (Å²) in [4.78, 5) is 17.7. The molecule has 1 atom stereocenters. The van der Waals surface area contributed by atoms with E-state index >= 15 is 0 Å². The third-order valence-electron chi connectivity index (χ3n) is 5.87. The van der Waals surface area contributed by atoms with Crippen LogP contribution in [0.4, 0.5) is 5.69 Å².